The Bertz CT molecular complexity index is 5640. The molecule has 14 rings (SSSR count). The summed E-state index contributed by atoms with van der Waals surface area (Å²) in [4.78, 5) is 67.4. The number of hydrogen-bond donors (Lipinski definition) is 5. The maximum absolute atomic E-state index is 14.4. The summed E-state index contributed by atoms with van der Waals surface area (Å²) in [5.74, 6) is -7.57. The highest BCUT2D eigenvalue weighted by atomic mass is 35.5. The number of anilines is 1. The molecule has 0 fully saturated rings. The van der Waals surface area contributed by atoms with E-state index >= 15 is 0 Å². The molecule has 0 aliphatic heterocycles. The fourth-order valence-corrected chi connectivity index (χ4v) is 12.8. The highest BCUT2D eigenvalue weighted by Crippen LogP contribution is 2.37. The molecular weight excluding hydrogens is 1490 g/mol. The molecule has 0 unspecified atom stereocenters. The van der Waals surface area contributed by atoms with Crippen molar-refractivity contribution < 1.29 is 93.7 Å². The van der Waals surface area contributed by atoms with Gasteiger partial charge in [0, 0.05) is 38.0 Å². The molecular formula is C86H58ClF8N3O12S. The Hall–Kier alpha value is -13.6. The van der Waals surface area contributed by atoms with Crippen LogP contribution in [0.3, 0.4) is 0 Å². The Kier molecular flexibility index (Phi) is 24.4. The first-order chi connectivity index (χ1) is 53.1. The molecule has 1 amide bonds. The number of methoxy groups -OCH3 is 1. The number of amides is 1. The Morgan fingerprint density at radius 1 is 0.459 bits per heavy atom. The average Bonchev–Trinajstić information content (AvgIpc) is 1.64. The molecule has 558 valence electrons. The minimum Gasteiger partial charge on any atom is -0.497 e. The number of hydrogen-bond acceptors (Lipinski definition) is 11. The quantitative estimate of drug-likeness (QED) is 0.0534. The lowest BCUT2D eigenvalue weighted by Gasteiger charge is -2.13. The summed E-state index contributed by atoms with van der Waals surface area (Å²) in [6.45, 7) is 3.39. The third-order valence-electron chi connectivity index (χ3n) is 17.1. The zero-order valence-electron chi connectivity index (χ0n) is 58.2. The van der Waals surface area contributed by atoms with Gasteiger partial charge in [0.1, 0.15) is 62.6 Å². The second-order valence-corrected chi connectivity index (χ2v) is 25.7. The number of nitrogens with zero attached hydrogens (tertiary/aromatic N) is 2. The van der Waals surface area contributed by atoms with Crippen LogP contribution in [0.4, 0.5) is 40.8 Å². The highest BCUT2D eigenvalue weighted by molar-refractivity contribution is 7.12. The van der Waals surface area contributed by atoms with Gasteiger partial charge in [-0.3, -0.25) is 4.79 Å². The molecule has 3 aromatic heterocycles. The highest BCUT2D eigenvalue weighted by Gasteiger charge is 2.32. The van der Waals surface area contributed by atoms with E-state index in [1.165, 1.54) is 61.0 Å². The van der Waals surface area contributed by atoms with Crippen LogP contribution in [0.1, 0.15) is 73.4 Å². The molecule has 0 saturated heterocycles. The molecule has 0 atom stereocenters. The second kappa shape index (κ2) is 34.5. The lowest BCUT2D eigenvalue weighted by molar-refractivity contribution is -0.274. The number of pyridine rings is 2. The molecule has 15 nitrogen and oxygen atoms in total. The molecule has 0 aliphatic carbocycles. The molecule has 111 heavy (non-hydrogen) atoms. The van der Waals surface area contributed by atoms with Crippen LogP contribution in [0.2, 0.25) is 5.02 Å². The first-order valence-corrected chi connectivity index (χ1v) is 34.4. The Labute approximate surface area is 636 Å². The molecule has 0 spiro atoms. The van der Waals surface area contributed by atoms with E-state index in [-0.39, 0.29) is 55.3 Å². The summed E-state index contributed by atoms with van der Waals surface area (Å²) in [6.07, 6.45) is -4.41. The van der Waals surface area contributed by atoms with Gasteiger partial charge in [-0.25, -0.2) is 51.1 Å². The van der Waals surface area contributed by atoms with Crippen LogP contribution in [0.15, 0.2) is 254 Å². The number of benzene rings is 11. The van der Waals surface area contributed by atoms with Crippen molar-refractivity contribution in [2.45, 2.75) is 26.6 Å². The van der Waals surface area contributed by atoms with Crippen LogP contribution < -0.4 is 19.5 Å². The van der Waals surface area contributed by atoms with Crippen molar-refractivity contribution in [2.24, 2.45) is 0 Å². The van der Waals surface area contributed by atoms with Crippen molar-refractivity contribution in [3.63, 3.8) is 0 Å². The predicted octanol–water partition coefficient (Wildman–Crippen LogP) is 22.5. The minimum absolute atomic E-state index is 0.0256. The van der Waals surface area contributed by atoms with Crippen LogP contribution in [0.5, 0.6) is 23.0 Å². The zero-order valence-corrected chi connectivity index (χ0v) is 59.8. The van der Waals surface area contributed by atoms with Crippen LogP contribution in [-0.2, 0) is 6.42 Å². The number of carbonyl (C=O) groups excluding carboxylic acids is 1. The van der Waals surface area contributed by atoms with Crippen molar-refractivity contribution in [3.8, 4) is 78.9 Å². The van der Waals surface area contributed by atoms with E-state index in [0.717, 1.165) is 69.4 Å². The van der Waals surface area contributed by atoms with Gasteiger partial charge in [-0.05, 0) is 185 Å². The van der Waals surface area contributed by atoms with E-state index < -0.39 is 65.0 Å². The summed E-state index contributed by atoms with van der Waals surface area (Å²) >= 11 is 6.81. The molecule has 3 heterocycles. The van der Waals surface area contributed by atoms with E-state index in [0.29, 0.717) is 78.4 Å². The summed E-state index contributed by atoms with van der Waals surface area (Å²) in [6, 6.07) is 66.0. The van der Waals surface area contributed by atoms with Crippen LogP contribution in [-0.4, -0.2) is 73.7 Å². The van der Waals surface area contributed by atoms with E-state index in [1.54, 1.807) is 123 Å². The summed E-state index contributed by atoms with van der Waals surface area (Å²) in [7, 11) is 1.52. The third kappa shape index (κ3) is 19.1. The third-order valence-corrected chi connectivity index (χ3v) is 18.3. The zero-order chi connectivity index (χ0) is 79.4. The maximum Gasteiger partial charge on any atom is 0.573 e. The van der Waals surface area contributed by atoms with Gasteiger partial charge in [-0.15, -0.1) is 24.5 Å². The van der Waals surface area contributed by atoms with E-state index in [2.05, 4.69) is 14.7 Å². The smallest absolute Gasteiger partial charge is 0.497 e. The van der Waals surface area contributed by atoms with Gasteiger partial charge < -0.3 is 40.0 Å². The number of ether oxygens (including phenoxy) is 3. The Balaban J connectivity index is 0.000000147. The minimum atomic E-state index is -4.93. The molecule has 11 aromatic carbocycles. The van der Waals surface area contributed by atoms with E-state index in [9.17, 15) is 74.4 Å². The topological polar surface area (TPSA) is 232 Å². The molecule has 0 radical (unpaired) electrons. The van der Waals surface area contributed by atoms with Gasteiger partial charge in [-0.2, -0.15) is 0 Å². The number of para-hydroxylation sites is 1. The van der Waals surface area contributed by atoms with Crippen LogP contribution in [0, 0.1) is 42.9 Å². The molecule has 25 heteroatoms. The monoisotopic (exact) mass is 1540 g/mol. The lowest BCUT2D eigenvalue weighted by Crippen LogP contribution is -2.17. The number of alkyl halides is 3. The number of carbonyl (C=O) groups is 5. The number of carboxylic acid groups (broad SMARTS) is 4. The van der Waals surface area contributed by atoms with Crippen molar-refractivity contribution in [3.05, 3.63) is 338 Å². The molecule has 0 saturated carbocycles. The number of aromatic carboxylic acids is 4. The normalized spacial score (nSPS) is 10.9. The number of thiophene rings is 1. The number of halogens is 9. The van der Waals surface area contributed by atoms with Gasteiger partial charge >= 0.3 is 30.2 Å². The molecule has 0 aliphatic rings. The molecule has 5 N–H and O–H groups in total. The standard InChI is InChI=1S/C23H15ClFNO2.C23H15F2NO2.C21H18O4.C19H10F5NO4S/c2*1-13-21(23(27)28)18-12-16(24)10-11-20(18)26-22(13)15-8-6-14(7-9-15)17-4-2-3-5-19(17)25;1-24-19-12-9-16(20(14-19)21(22)23)13-15-7-10-18(11-8-15)25-17-5-3-2-4-6-17;20-13-7-10(9-2-1-3-11(6-9)29-19(22,23)24)8-14(21)15(13)25-17(26)12-4-5-30-16(12)18(27)28/h2*2-12H,1H3,(H,27,28);2-12,14H,13H2,1H3,(H,22,23);1-8H,(H,25,26)(H,27,28). The fraction of sp³-hybridized carbons (Fsp3) is 0.0581. The fourth-order valence-electron chi connectivity index (χ4n) is 11.9. The van der Waals surface area contributed by atoms with E-state index in [4.69, 9.17) is 26.2 Å². The lowest BCUT2D eigenvalue weighted by atomic mass is 9.96. The average molecular weight is 1540 g/mol. The number of carboxylic acids is 4. The number of fused-ring (bicyclic) bond motifs is 2. The predicted molar refractivity (Wildman–Crippen MR) is 407 cm³/mol. The maximum atomic E-state index is 14.4. The number of aromatic nitrogens is 2. The molecule has 0 bridgehead atoms. The first kappa shape index (κ1) is 78.5. The SMILES string of the molecule is COc1ccc(Cc2ccc(Oc3ccccc3)cc2)c(C(=O)O)c1.Cc1c(-c2ccc(-c3ccccc3F)cc2)nc2ccc(Cl)cc2c1C(=O)O.Cc1c(-c2ccc(-c3ccccc3F)cc2)nc2ccc(F)cc2c1C(=O)O.O=C(Nc1c(F)cc(-c2cccc(OC(F)(F)F)c2)cc1F)c1ccsc1C(=O)O. The van der Waals surface area contributed by atoms with Crippen LogP contribution >= 0.6 is 22.9 Å². The van der Waals surface area contributed by atoms with Crippen molar-refractivity contribution in [2.75, 3.05) is 12.4 Å². The summed E-state index contributed by atoms with van der Waals surface area (Å²) < 4.78 is 122. The van der Waals surface area contributed by atoms with Gasteiger partial charge in [0.2, 0.25) is 0 Å². The summed E-state index contributed by atoms with van der Waals surface area (Å²) in [5, 5.41) is 42.4. The Morgan fingerprint density at radius 2 is 0.964 bits per heavy atom. The Morgan fingerprint density at radius 3 is 1.49 bits per heavy atom. The van der Waals surface area contributed by atoms with Gasteiger partial charge in [0.05, 0.1) is 51.8 Å². The number of rotatable bonds is 17. The van der Waals surface area contributed by atoms with Gasteiger partial charge in [0.15, 0.2) is 0 Å². The first-order valence-electron chi connectivity index (χ1n) is 33.2. The van der Waals surface area contributed by atoms with Crippen molar-refractivity contribution in [1.82, 2.24) is 9.97 Å². The van der Waals surface area contributed by atoms with Gasteiger partial charge in [0.25, 0.3) is 5.91 Å². The van der Waals surface area contributed by atoms with Crippen molar-refractivity contribution in [1.29, 1.82) is 0 Å². The van der Waals surface area contributed by atoms with Crippen LogP contribution in [0.25, 0.3) is 77.7 Å². The molecule has 14 aromatic rings. The second-order valence-electron chi connectivity index (χ2n) is 24.3. The largest absolute Gasteiger partial charge is 0.573 e. The van der Waals surface area contributed by atoms with E-state index in [1.807, 2.05) is 72.0 Å². The number of nitrogens with one attached hydrogen (secondary N) is 1. The summed E-state index contributed by atoms with van der Waals surface area (Å²) in [5.41, 5.74) is 8.00. The van der Waals surface area contributed by atoms with Gasteiger partial charge in [-0.1, -0.05) is 145 Å². The van der Waals surface area contributed by atoms with Crippen molar-refractivity contribution >= 4 is 80.2 Å².